The summed E-state index contributed by atoms with van der Waals surface area (Å²) in [6.45, 7) is 5.06. The molecule has 2 saturated carbocycles. The van der Waals surface area contributed by atoms with Gasteiger partial charge in [0, 0.05) is 18.2 Å². The van der Waals surface area contributed by atoms with Crippen molar-refractivity contribution in [2.24, 2.45) is 11.8 Å². The third-order valence-corrected chi connectivity index (χ3v) is 4.83. The van der Waals surface area contributed by atoms with E-state index in [1.165, 1.54) is 36.8 Å². The molecular formula is C17H25NO. The smallest absolute Gasteiger partial charge is 0.120 e. The lowest BCUT2D eigenvalue weighted by Gasteiger charge is -2.28. The van der Waals surface area contributed by atoms with Crippen molar-refractivity contribution in [3.63, 3.8) is 0 Å². The van der Waals surface area contributed by atoms with Gasteiger partial charge in [0.25, 0.3) is 0 Å². The number of phenols is 1. The Hall–Kier alpha value is -1.02. The molecule has 0 heterocycles. The molecular weight excluding hydrogens is 234 g/mol. The van der Waals surface area contributed by atoms with Crippen LogP contribution in [0.15, 0.2) is 12.1 Å². The normalized spacial score (nSPS) is 19.4. The summed E-state index contributed by atoms with van der Waals surface area (Å²) in [6.07, 6.45) is 5.63. The van der Waals surface area contributed by atoms with E-state index >= 15 is 0 Å². The van der Waals surface area contributed by atoms with E-state index in [1.807, 2.05) is 6.07 Å². The van der Waals surface area contributed by atoms with Crippen molar-refractivity contribution in [3.05, 3.63) is 28.8 Å². The average molecular weight is 259 g/mol. The van der Waals surface area contributed by atoms with Crippen LogP contribution in [-0.2, 0) is 6.54 Å². The number of benzene rings is 1. The summed E-state index contributed by atoms with van der Waals surface area (Å²) in [5.41, 5.74) is 3.53. The number of nitrogens with zero attached hydrogens (tertiary/aromatic N) is 1. The zero-order valence-electron chi connectivity index (χ0n) is 12.3. The molecule has 104 valence electrons. The maximum atomic E-state index is 10.1. The molecule has 0 amide bonds. The number of phenolic OH excluding ortho intramolecular Hbond substituents is 1. The van der Waals surface area contributed by atoms with E-state index in [4.69, 9.17) is 0 Å². The zero-order chi connectivity index (χ0) is 13.6. The van der Waals surface area contributed by atoms with Crippen molar-refractivity contribution in [2.75, 3.05) is 7.05 Å². The van der Waals surface area contributed by atoms with Crippen LogP contribution < -0.4 is 0 Å². The first-order valence-corrected chi connectivity index (χ1v) is 7.55. The molecule has 2 nitrogen and oxygen atoms in total. The summed E-state index contributed by atoms with van der Waals surface area (Å²) >= 11 is 0. The molecule has 0 atom stereocenters. The molecule has 2 aliphatic carbocycles. The Labute approximate surface area is 116 Å². The topological polar surface area (TPSA) is 23.5 Å². The molecule has 0 saturated heterocycles. The number of hydrogen-bond acceptors (Lipinski definition) is 2. The van der Waals surface area contributed by atoms with Crippen molar-refractivity contribution in [1.29, 1.82) is 0 Å². The molecule has 3 rings (SSSR count). The lowest BCUT2D eigenvalue weighted by molar-refractivity contribution is 0.185. The fourth-order valence-corrected chi connectivity index (χ4v) is 3.34. The minimum atomic E-state index is 0.459. The molecule has 0 aliphatic heterocycles. The van der Waals surface area contributed by atoms with Crippen LogP contribution in [0, 0.1) is 25.7 Å². The Morgan fingerprint density at radius 3 is 2.16 bits per heavy atom. The SMILES string of the molecule is Cc1cc(O)c(CN(C)C(C2CC2)C2CC2)cc1C. The van der Waals surface area contributed by atoms with E-state index in [2.05, 4.69) is 31.9 Å². The Morgan fingerprint density at radius 1 is 1.11 bits per heavy atom. The fourth-order valence-electron chi connectivity index (χ4n) is 3.34. The van der Waals surface area contributed by atoms with Crippen LogP contribution in [0.3, 0.4) is 0 Å². The first kappa shape index (κ1) is 13.0. The molecule has 1 aromatic rings. The third kappa shape index (κ3) is 2.79. The molecule has 19 heavy (non-hydrogen) atoms. The second-order valence-electron chi connectivity index (χ2n) is 6.65. The van der Waals surface area contributed by atoms with Gasteiger partial charge in [-0.2, -0.15) is 0 Å². The van der Waals surface area contributed by atoms with Gasteiger partial charge >= 0.3 is 0 Å². The van der Waals surface area contributed by atoms with Gasteiger partial charge in [0.2, 0.25) is 0 Å². The van der Waals surface area contributed by atoms with Crippen LogP contribution in [0.2, 0.25) is 0 Å². The second kappa shape index (κ2) is 4.82. The fraction of sp³-hybridized carbons (Fsp3) is 0.647. The minimum absolute atomic E-state index is 0.459. The molecule has 0 aromatic heterocycles. The van der Waals surface area contributed by atoms with Gasteiger partial charge in [0.15, 0.2) is 0 Å². The quantitative estimate of drug-likeness (QED) is 0.873. The van der Waals surface area contributed by atoms with Crippen molar-refractivity contribution in [3.8, 4) is 5.75 Å². The van der Waals surface area contributed by atoms with Gasteiger partial charge in [-0.05, 0) is 75.6 Å². The van der Waals surface area contributed by atoms with E-state index < -0.39 is 0 Å². The van der Waals surface area contributed by atoms with Crippen LogP contribution in [0.4, 0.5) is 0 Å². The van der Waals surface area contributed by atoms with Crippen LogP contribution in [0.5, 0.6) is 5.75 Å². The Kier molecular flexibility index (Phi) is 3.30. The largest absolute Gasteiger partial charge is 0.508 e. The lowest BCUT2D eigenvalue weighted by Crippen LogP contribution is -2.34. The molecule has 1 N–H and O–H groups in total. The number of aromatic hydroxyl groups is 1. The molecule has 0 radical (unpaired) electrons. The van der Waals surface area contributed by atoms with Crippen molar-refractivity contribution >= 4 is 0 Å². The highest BCUT2D eigenvalue weighted by Gasteiger charge is 2.43. The average Bonchev–Trinajstić information content (AvgIpc) is 3.20. The van der Waals surface area contributed by atoms with Crippen molar-refractivity contribution in [1.82, 2.24) is 4.90 Å². The van der Waals surface area contributed by atoms with Gasteiger partial charge in [-0.15, -0.1) is 0 Å². The van der Waals surface area contributed by atoms with Crippen molar-refractivity contribution < 1.29 is 5.11 Å². The standard InChI is InChI=1S/C17H25NO/c1-11-8-15(16(19)9-12(11)2)10-18(3)17(13-4-5-13)14-6-7-14/h8-9,13-14,17,19H,4-7,10H2,1-3H3. The summed E-state index contributed by atoms with van der Waals surface area (Å²) in [6, 6.07) is 4.81. The molecule has 0 bridgehead atoms. The Balaban J connectivity index is 1.74. The number of rotatable bonds is 5. The van der Waals surface area contributed by atoms with Crippen LogP contribution in [0.1, 0.15) is 42.4 Å². The third-order valence-electron chi connectivity index (χ3n) is 4.83. The molecule has 1 aromatic carbocycles. The van der Waals surface area contributed by atoms with E-state index in [0.717, 1.165) is 30.0 Å². The summed E-state index contributed by atoms with van der Waals surface area (Å²) in [5, 5.41) is 10.1. The molecule has 2 heteroatoms. The maximum Gasteiger partial charge on any atom is 0.120 e. The van der Waals surface area contributed by atoms with Gasteiger partial charge in [-0.1, -0.05) is 6.07 Å². The first-order valence-electron chi connectivity index (χ1n) is 7.55. The first-order chi connectivity index (χ1) is 9.06. The van der Waals surface area contributed by atoms with Gasteiger partial charge < -0.3 is 5.11 Å². The zero-order valence-corrected chi connectivity index (χ0v) is 12.3. The van der Waals surface area contributed by atoms with E-state index in [1.54, 1.807) is 0 Å². The van der Waals surface area contributed by atoms with Crippen LogP contribution in [-0.4, -0.2) is 23.1 Å². The molecule has 0 spiro atoms. The second-order valence-corrected chi connectivity index (χ2v) is 6.65. The lowest BCUT2D eigenvalue weighted by atomic mass is 10.0. The molecule has 0 unspecified atom stereocenters. The Morgan fingerprint density at radius 2 is 1.63 bits per heavy atom. The highest BCUT2D eigenvalue weighted by Crippen LogP contribution is 2.47. The van der Waals surface area contributed by atoms with E-state index in [0.29, 0.717) is 5.75 Å². The number of hydrogen-bond donors (Lipinski definition) is 1. The van der Waals surface area contributed by atoms with Gasteiger partial charge in [-0.3, -0.25) is 4.90 Å². The van der Waals surface area contributed by atoms with E-state index in [9.17, 15) is 5.11 Å². The minimum Gasteiger partial charge on any atom is -0.508 e. The van der Waals surface area contributed by atoms with Gasteiger partial charge in [0.1, 0.15) is 5.75 Å². The van der Waals surface area contributed by atoms with E-state index in [-0.39, 0.29) is 0 Å². The molecule has 2 fully saturated rings. The summed E-state index contributed by atoms with van der Waals surface area (Å²) in [7, 11) is 2.23. The maximum absolute atomic E-state index is 10.1. The summed E-state index contributed by atoms with van der Waals surface area (Å²) in [4.78, 5) is 2.49. The van der Waals surface area contributed by atoms with Crippen LogP contribution >= 0.6 is 0 Å². The van der Waals surface area contributed by atoms with Gasteiger partial charge in [-0.25, -0.2) is 0 Å². The van der Waals surface area contributed by atoms with Crippen molar-refractivity contribution in [2.45, 2.75) is 52.1 Å². The number of aryl methyl sites for hydroxylation is 2. The predicted molar refractivity (Wildman–Crippen MR) is 78.3 cm³/mol. The molecule has 2 aliphatic rings. The highest BCUT2D eigenvalue weighted by molar-refractivity contribution is 5.40. The predicted octanol–water partition coefficient (Wildman–Crippen LogP) is 3.63. The van der Waals surface area contributed by atoms with Crippen LogP contribution in [0.25, 0.3) is 0 Å². The summed E-state index contributed by atoms with van der Waals surface area (Å²) in [5.74, 6) is 2.30. The Bertz CT molecular complexity index is 462. The highest BCUT2D eigenvalue weighted by atomic mass is 16.3. The van der Waals surface area contributed by atoms with Gasteiger partial charge in [0.05, 0.1) is 0 Å². The monoisotopic (exact) mass is 259 g/mol. The summed E-state index contributed by atoms with van der Waals surface area (Å²) < 4.78 is 0.